The summed E-state index contributed by atoms with van der Waals surface area (Å²) in [6, 6.07) is 0.919. The number of aromatic nitrogens is 4. The zero-order valence-electron chi connectivity index (χ0n) is 14.7. The van der Waals surface area contributed by atoms with Gasteiger partial charge in [0.1, 0.15) is 11.6 Å². The molecule has 2 aromatic heterocycles. The van der Waals surface area contributed by atoms with Gasteiger partial charge in [-0.15, -0.1) is 5.10 Å². The molecule has 0 spiro atoms. The van der Waals surface area contributed by atoms with Gasteiger partial charge in [-0.3, -0.25) is 9.59 Å². The maximum absolute atomic E-state index is 13.0. The molecule has 1 aliphatic heterocycles. The molecule has 0 saturated carbocycles. The Bertz CT molecular complexity index is 799. The van der Waals surface area contributed by atoms with Crippen LogP contribution in [-0.4, -0.2) is 73.3 Å². The maximum atomic E-state index is 13.0. The van der Waals surface area contributed by atoms with Crippen molar-refractivity contribution in [3.63, 3.8) is 0 Å². The van der Waals surface area contributed by atoms with Crippen LogP contribution in [0, 0.1) is 0 Å². The molecular formula is C16H23N7O2. The number of rotatable bonds is 4. The molecule has 0 radical (unpaired) electrons. The second-order valence-electron chi connectivity index (χ2n) is 6.26. The molecule has 134 valence electrons. The third-order valence-electron chi connectivity index (χ3n) is 4.64. The average Bonchev–Trinajstić information content (AvgIpc) is 3.18. The Balaban J connectivity index is 1.88. The number of hydrogen-bond acceptors (Lipinski definition) is 6. The zero-order valence-corrected chi connectivity index (χ0v) is 14.7. The third-order valence-corrected chi connectivity index (χ3v) is 4.64. The van der Waals surface area contributed by atoms with Gasteiger partial charge in [-0.1, -0.05) is 5.21 Å². The Labute approximate surface area is 145 Å². The van der Waals surface area contributed by atoms with Crippen LogP contribution < -0.4 is 5.73 Å². The Morgan fingerprint density at radius 3 is 2.76 bits per heavy atom. The highest BCUT2D eigenvalue weighted by Gasteiger charge is 2.40. The molecule has 25 heavy (non-hydrogen) atoms. The van der Waals surface area contributed by atoms with E-state index in [4.69, 9.17) is 5.73 Å². The molecule has 3 rings (SSSR count). The SMILES string of the molecule is CCN(CC)C(=O)[C@@H]1C[C@@H](N)CN1C(=O)c1cnc2c(c1)nnn2C. The van der Waals surface area contributed by atoms with E-state index in [2.05, 4.69) is 15.3 Å². The van der Waals surface area contributed by atoms with E-state index in [0.29, 0.717) is 42.8 Å². The molecule has 0 bridgehead atoms. The van der Waals surface area contributed by atoms with E-state index in [1.54, 1.807) is 27.6 Å². The summed E-state index contributed by atoms with van der Waals surface area (Å²) in [6.07, 6.45) is 1.97. The minimum atomic E-state index is -0.528. The lowest BCUT2D eigenvalue weighted by Crippen LogP contribution is -2.47. The smallest absolute Gasteiger partial charge is 0.256 e. The van der Waals surface area contributed by atoms with Gasteiger partial charge < -0.3 is 15.5 Å². The monoisotopic (exact) mass is 345 g/mol. The van der Waals surface area contributed by atoms with E-state index < -0.39 is 6.04 Å². The summed E-state index contributed by atoms with van der Waals surface area (Å²) < 4.78 is 1.54. The summed E-state index contributed by atoms with van der Waals surface area (Å²) in [5.41, 5.74) is 7.58. The number of aryl methyl sites for hydroxylation is 1. The van der Waals surface area contributed by atoms with Gasteiger partial charge in [0, 0.05) is 38.9 Å². The number of hydrogen-bond donors (Lipinski definition) is 1. The summed E-state index contributed by atoms with van der Waals surface area (Å²) >= 11 is 0. The fourth-order valence-electron chi connectivity index (χ4n) is 3.28. The number of likely N-dealkylation sites (tertiary alicyclic amines) is 1. The van der Waals surface area contributed by atoms with Crippen molar-refractivity contribution in [2.45, 2.75) is 32.4 Å². The van der Waals surface area contributed by atoms with Crippen LogP contribution >= 0.6 is 0 Å². The van der Waals surface area contributed by atoms with Crippen molar-refractivity contribution in [1.82, 2.24) is 29.8 Å². The van der Waals surface area contributed by atoms with Gasteiger partial charge in [0.15, 0.2) is 5.65 Å². The van der Waals surface area contributed by atoms with Crippen LogP contribution in [0.15, 0.2) is 12.3 Å². The van der Waals surface area contributed by atoms with Gasteiger partial charge in [0.2, 0.25) is 5.91 Å². The maximum Gasteiger partial charge on any atom is 0.256 e. The minimum absolute atomic E-state index is 0.0557. The number of nitrogens with two attached hydrogens (primary N) is 1. The van der Waals surface area contributed by atoms with Crippen molar-refractivity contribution < 1.29 is 9.59 Å². The molecule has 2 amide bonds. The largest absolute Gasteiger partial charge is 0.341 e. The van der Waals surface area contributed by atoms with Gasteiger partial charge in [0.05, 0.1) is 5.56 Å². The molecule has 2 atom stereocenters. The molecule has 3 heterocycles. The van der Waals surface area contributed by atoms with Crippen LogP contribution in [0.4, 0.5) is 0 Å². The van der Waals surface area contributed by atoms with Crippen molar-refractivity contribution in [2.75, 3.05) is 19.6 Å². The zero-order chi connectivity index (χ0) is 18.1. The van der Waals surface area contributed by atoms with Crippen molar-refractivity contribution in [2.24, 2.45) is 12.8 Å². The van der Waals surface area contributed by atoms with Gasteiger partial charge >= 0.3 is 0 Å². The van der Waals surface area contributed by atoms with E-state index in [9.17, 15) is 9.59 Å². The fourth-order valence-corrected chi connectivity index (χ4v) is 3.28. The molecule has 2 N–H and O–H groups in total. The molecule has 1 saturated heterocycles. The summed E-state index contributed by atoms with van der Waals surface area (Å²) in [5, 5.41) is 7.88. The van der Waals surface area contributed by atoms with Gasteiger partial charge in [-0.2, -0.15) is 0 Å². The number of fused-ring (bicyclic) bond motifs is 1. The van der Waals surface area contributed by atoms with E-state index >= 15 is 0 Å². The van der Waals surface area contributed by atoms with Crippen LogP contribution in [0.2, 0.25) is 0 Å². The Kier molecular flexibility index (Phi) is 4.67. The van der Waals surface area contributed by atoms with Gasteiger partial charge in [-0.25, -0.2) is 9.67 Å². The van der Waals surface area contributed by atoms with Crippen LogP contribution in [-0.2, 0) is 11.8 Å². The standard InChI is InChI=1S/C16H23N7O2/c1-4-22(5-2)16(25)13-7-11(17)9-23(13)15(24)10-6-12-14(18-8-10)21(3)20-19-12/h6,8,11,13H,4-5,7,9,17H2,1-3H3/t11-,13+/m1/s1. The first-order valence-electron chi connectivity index (χ1n) is 8.47. The highest BCUT2D eigenvalue weighted by Crippen LogP contribution is 2.22. The number of carbonyl (C=O) groups is 2. The highest BCUT2D eigenvalue weighted by atomic mass is 16.2. The second kappa shape index (κ2) is 6.75. The third kappa shape index (κ3) is 3.07. The minimum Gasteiger partial charge on any atom is -0.341 e. The Morgan fingerprint density at radius 2 is 2.08 bits per heavy atom. The lowest BCUT2D eigenvalue weighted by atomic mass is 10.1. The van der Waals surface area contributed by atoms with Gasteiger partial charge in [0.25, 0.3) is 5.91 Å². The number of likely N-dealkylation sites (N-methyl/N-ethyl adjacent to an activating group) is 1. The Hall–Kier alpha value is -2.55. The predicted molar refractivity (Wildman–Crippen MR) is 91.6 cm³/mol. The van der Waals surface area contributed by atoms with Crippen LogP contribution in [0.1, 0.15) is 30.6 Å². The van der Waals surface area contributed by atoms with Crippen molar-refractivity contribution in [3.05, 3.63) is 17.8 Å². The lowest BCUT2D eigenvalue weighted by molar-refractivity contribution is -0.134. The molecular weight excluding hydrogens is 322 g/mol. The summed E-state index contributed by atoms with van der Waals surface area (Å²) in [4.78, 5) is 33.3. The second-order valence-corrected chi connectivity index (χ2v) is 6.26. The molecule has 0 unspecified atom stereocenters. The molecule has 1 aliphatic rings. The topological polar surface area (TPSA) is 110 Å². The van der Waals surface area contributed by atoms with Crippen LogP contribution in [0.5, 0.6) is 0 Å². The highest BCUT2D eigenvalue weighted by molar-refractivity contribution is 5.99. The van der Waals surface area contributed by atoms with Crippen molar-refractivity contribution in [3.8, 4) is 0 Å². The first-order chi connectivity index (χ1) is 12.0. The number of nitrogens with zero attached hydrogens (tertiary/aromatic N) is 6. The van der Waals surface area contributed by atoms with Crippen molar-refractivity contribution in [1.29, 1.82) is 0 Å². The number of pyridine rings is 1. The summed E-state index contributed by atoms with van der Waals surface area (Å²) in [6.45, 7) is 5.42. The Morgan fingerprint density at radius 1 is 1.36 bits per heavy atom. The van der Waals surface area contributed by atoms with E-state index in [1.165, 1.54) is 6.20 Å². The molecule has 2 aromatic rings. The molecule has 0 aliphatic carbocycles. The molecule has 9 heteroatoms. The molecule has 0 aromatic carbocycles. The lowest BCUT2D eigenvalue weighted by Gasteiger charge is -2.28. The number of amides is 2. The molecule has 9 nitrogen and oxygen atoms in total. The van der Waals surface area contributed by atoms with Gasteiger partial charge in [-0.05, 0) is 26.3 Å². The summed E-state index contributed by atoms with van der Waals surface area (Å²) in [7, 11) is 1.74. The first-order valence-corrected chi connectivity index (χ1v) is 8.47. The summed E-state index contributed by atoms with van der Waals surface area (Å²) in [5.74, 6) is -0.307. The number of carbonyl (C=O) groups excluding carboxylic acids is 2. The van der Waals surface area contributed by atoms with E-state index in [1.807, 2.05) is 13.8 Å². The van der Waals surface area contributed by atoms with Crippen molar-refractivity contribution >= 4 is 23.0 Å². The predicted octanol–water partition coefficient (Wildman–Crippen LogP) is -0.226. The first kappa shape index (κ1) is 17.3. The van der Waals surface area contributed by atoms with Crippen LogP contribution in [0.3, 0.4) is 0 Å². The fraction of sp³-hybridized carbons (Fsp3) is 0.562. The van der Waals surface area contributed by atoms with E-state index in [-0.39, 0.29) is 17.9 Å². The molecule has 1 fully saturated rings. The normalized spacial score (nSPS) is 20.2. The average molecular weight is 345 g/mol. The quantitative estimate of drug-likeness (QED) is 0.820. The van der Waals surface area contributed by atoms with Crippen LogP contribution in [0.25, 0.3) is 11.2 Å². The van der Waals surface area contributed by atoms with E-state index in [0.717, 1.165) is 0 Å².